The molecule has 0 amide bonds. The van der Waals surface area contributed by atoms with Gasteiger partial charge in [0.1, 0.15) is 6.54 Å². The zero-order valence-corrected chi connectivity index (χ0v) is 18.9. The van der Waals surface area contributed by atoms with Gasteiger partial charge in [0.2, 0.25) is 0 Å². The molecule has 6 heteroatoms. The summed E-state index contributed by atoms with van der Waals surface area (Å²) in [4.78, 5) is 28.4. The molecule has 3 aromatic rings. The minimum absolute atomic E-state index is 0.102. The van der Waals surface area contributed by atoms with Crippen molar-refractivity contribution in [3.8, 4) is 0 Å². The van der Waals surface area contributed by atoms with Crippen LogP contribution in [0.25, 0.3) is 10.9 Å². The number of rotatable bonds is 8. The molecule has 0 unspecified atom stereocenters. The molecule has 0 spiro atoms. The normalized spacial score (nSPS) is 14.6. The van der Waals surface area contributed by atoms with Gasteiger partial charge in [0.05, 0.1) is 6.61 Å². The van der Waals surface area contributed by atoms with Gasteiger partial charge in [-0.3, -0.25) is 14.5 Å². The van der Waals surface area contributed by atoms with Gasteiger partial charge in [-0.25, -0.2) is 0 Å². The second kappa shape index (κ2) is 10.0. The standard InChI is InChI=1S/C26H31N3O3/c1-3-32-26(31)19-29-18-22(24-6-4-5-7-25(24)29)12-13-27-14-16-28(17-15-27)23-10-8-21(9-11-23)20(2)30/h4-11,18H,3,12-17,19H2,1-2H3. The molecular formula is C26H31N3O3. The first-order chi connectivity index (χ1) is 15.5. The average molecular weight is 434 g/mol. The second-order valence-corrected chi connectivity index (χ2v) is 8.29. The summed E-state index contributed by atoms with van der Waals surface area (Å²) in [7, 11) is 0. The first-order valence-corrected chi connectivity index (χ1v) is 11.4. The maximum absolute atomic E-state index is 12.0. The molecule has 6 nitrogen and oxygen atoms in total. The molecule has 4 rings (SSSR count). The lowest BCUT2D eigenvalue weighted by Gasteiger charge is -2.36. The van der Waals surface area contributed by atoms with Crippen LogP contribution in [0.5, 0.6) is 0 Å². The number of para-hydroxylation sites is 1. The molecule has 0 atom stereocenters. The Bertz CT molecular complexity index is 1080. The largest absolute Gasteiger partial charge is 0.465 e. The average Bonchev–Trinajstić information content (AvgIpc) is 3.15. The van der Waals surface area contributed by atoms with Crippen molar-refractivity contribution in [1.82, 2.24) is 9.47 Å². The number of hydrogen-bond acceptors (Lipinski definition) is 5. The van der Waals surface area contributed by atoms with E-state index in [0.29, 0.717) is 6.61 Å². The maximum Gasteiger partial charge on any atom is 0.325 e. The van der Waals surface area contributed by atoms with Crippen LogP contribution in [0.3, 0.4) is 0 Å². The number of nitrogens with zero attached hydrogens (tertiary/aromatic N) is 3. The van der Waals surface area contributed by atoms with Gasteiger partial charge in [-0.1, -0.05) is 18.2 Å². The van der Waals surface area contributed by atoms with Crippen LogP contribution in [0.4, 0.5) is 5.69 Å². The third kappa shape index (κ3) is 5.02. The monoisotopic (exact) mass is 433 g/mol. The zero-order valence-electron chi connectivity index (χ0n) is 18.9. The Morgan fingerprint density at radius 2 is 1.69 bits per heavy atom. The van der Waals surface area contributed by atoms with Gasteiger partial charge >= 0.3 is 5.97 Å². The molecule has 2 aromatic carbocycles. The van der Waals surface area contributed by atoms with E-state index in [4.69, 9.17) is 4.74 Å². The molecule has 32 heavy (non-hydrogen) atoms. The molecule has 1 aliphatic heterocycles. The van der Waals surface area contributed by atoms with Crippen LogP contribution in [0.15, 0.2) is 54.7 Å². The fourth-order valence-corrected chi connectivity index (χ4v) is 4.41. The highest BCUT2D eigenvalue weighted by Gasteiger charge is 2.18. The molecule has 0 saturated carbocycles. The lowest BCUT2D eigenvalue weighted by Crippen LogP contribution is -2.47. The Labute approximate surface area is 189 Å². The molecule has 1 fully saturated rings. The number of carbonyl (C=O) groups excluding carboxylic acids is 2. The van der Waals surface area contributed by atoms with Gasteiger partial charge < -0.3 is 14.2 Å². The molecule has 0 N–H and O–H groups in total. The van der Waals surface area contributed by atoms with Crippen LogP contribution in [0.2, 0.25) is 0 Å². The number of benzene rings is 2. The first-order valence-electron chi connectivity index (χ1n) is 11.4. The fourth-order valence-electron chi connectivity index (χ4n) is 4.41. The highest BCUT2D eigenvalue weighted by Crippen LogP contribution is 2.23. The van der Waals surface area contributed by atoms with E-state index in [0.717, 1.165) is 50.2 Å². The number of aromatic nitrogens is 1. The maximum atomic E-state index is 12.0. The van der Waals surface area contributed by atoms with Gasteiger partial charge in [-0.05, 0) is 56.2 Å². The summed E-state index contributed by atoms with van der Waals surface area (Å²) in [6.07, 6.45) is 3.05. The summed E-state index contributed by atoms with van der Waals surface area (Å²) in [5.41, 5.74) is 4.28. The van der Waals surface area contributed by atoms with E-state index in [1.54, 1.807) is 6.92 Å². The van der Waals surface area contributed by atoms with Crippen molar-refractivity contribution in [2.24, 2.45) is 0 Å². The number of carbonyl (C=O) groups is 2. The Hall–Kier alpha value is -3.12. The molecule has 0 bridgehead atoms. The number of ether oxygens (including phenoxy) is 1. The molecular weight excluding hydrogens is 402 g/mol. The van der Waals surface area contributed by atoms with Crippen molar-refractivity contribution in [3.05, 3.63) is 65.9 Å². The highest BCUT2D eigenvalue weighted by atomic mass is 16.5. The van der Waals surface area contributed by atoms with Crippen LogP contribution in [-0.4, -0.2) is 60.6 Å². The van der Waals surface area contributed by atoms with Gasteiger partial charge in [-0.15, -0.1) is 0 Å². The second-order valence-electron chi connectivity index (χ2n) is 8.29. The Morgan fingerprint density at radius 1 is 0.969 bits per heavy atom. The van der Waals surface area contributed by atoms with Crippen molar-refractivity contribution in [1.29, 1.82) is 0 Å². The summed E-state index contributed by atoms with van der Waals surface area (Å²) < 4.78 is 7.14. The highest BCUT2D eigenvalue weighted by molar-refractivity contribution is 5.94. The number of anilines is 1. The van der Waals surface area contributed by atoms with E-state index in [1.807, 2.05) is 41.8 Å². The summed E-state index contributed by atoms with van der Waals surface area (Å²) in [6, 6.07) is 16.2. The molecule has 1 aromatic heterocycles. The molecule has 0 radical (unpaired) electrons. The van der Waals surface area contributed by atoms with E-state index in [-0.39, 0.29) is 18.3 Å². The van der Waals surface area contributed by atoms with Crippen molar-refractivity contribution in [2.45, 2.75) is 26.8 Å². The predicted octanol–water partition coefficient (Wildman–Crippen LogP) is 3.77. The molecule has 168 valence electrons. The molecule has 2 heterocycles. The van der Waals surface area contributed by atoms with Crippen LogP contribution >= 0.6 is 0 Å². The van der Waals surface area contributed by atoms with Crippen LogP contribution in [-0.2, 0) is 22.5 Å². The Kier molecular flexibility index (Phi) is 6.90. The fraction of sp³-hybridized carbons (Fsp3) is 0.385. The molecule has 1 aliphatic rings. The van der Waals surface area contributed by atoms with Crippen molar-refractivity contribution in [3.63, 3.8) is 0 Å². The van der Waals surface area contributed by atoms with E-state index in [1.165, 1.54) is 16.6 Å². The zero-order chi connectivity index (χ0) is 22.5. The number of ketones is 1. The minimum atomic E-state index is -0.202. The van der Waals surface area contributed by atoms with E-state index >= 15 is 0 Å². The Morgan fingerprint density at radius 3 is 2.38 bits per heavy atom. The van der Waals surface area contributed by atoms with Crippen LogP contribution in [0, 0.1) is 0 Å². The third-order valence-electron chi connectivity index (χ3n) is 6.18. The number of Topliss-reactive ketones (excluding diaryl/α,β-unsaturated/α-hetero) is 1. The van der Waals surface area contributed by atoms with E-state index in [2.05, 4.69) is 34.2 Å². The first kappa shape index (κ1) is 22.1. The van der Waals surface area contributed by atoms with Crippen LogP contribution in [0.1, 0.15) is 29.8 Å². The van der Waals surface area contributed by atoms with Gasteiger partial charge in [0.25, 0.3) is 0 Å². The lowest BCUT2D eigenvalue weighted by molar-refractivity contribution is -0.143. The minimum Gasteiger partial charge on any atom is -0.465 e. The number of esters is 1. The SMILES string of the molecule is CCOC(=O)Cn1cc(CCN2CCN(c3ccc(C(C)=O)cc3)CC2)c2ccccc21. The number of hydrogen-bond donors (Lipinski definition) is 0. The summed E-state index contributed by atoms with van der Waals surface area (Å²) in [5.74, 6) is -0.0998. The van der Waals surface area contributed by atoms with E-state index < -0.39 is 0 Å². The third-order valence-corrected chi connectivity index (χ3v) is 6.18. The number of piperazine rings is 1. The Balaban J connectivity index is 1.35. The van der Waals surface area contributed by atoms with Gasteiger partial charge in [0.15, 0.2) is 5.78 Å². The van der Waals surface area contributed by atoms with Gasteiger partial charge in [-0.2, -0.15) is 0 Å². The van der Waals surface area contributed by atoms with Crippen molar-refractivity contribution in [2.75, 3.05) is 44.2 Å². The topological polar surface area (TPSA) is 54.8 Å². The summed E-state index contributed by atoms with van der Waals surface area (Å²) in [6.45, 7) is 9.04. The molecule has 0 aliphatic carbocycles. The quantitative estimate of drug-likeness (QED) is 0.400. The van der Waals surface area contributed by atoms with Crippen LogP contribution < -0.4 is 4.90 Å². The number of fused-ring (bicyclic) bond motifs is 1. The van der Waals surface area contributed by atoms with Crippen molar-refractivity contribution < 1.29 is 14.3 Å². The van der Waals surface area contributed by atoms with Gasteiger partial charge in [0, 0.05) is 61.1 Å². The van der Waals surface area contributed by atoms with Crippen molar-refractivity contribution >= 4 is 28.3 Å². The summed E-state index contributed by atoms with van der Waals surface area (Å²) in [5, 5.41) is 1.21. The summed E-state index contributed by atoms with van der Waals surface area (Å²) >= 11 is 0. The predicted molar refractivity (Wildman–Crippen MR) is 127 cm³/mol. The smallest absolute Gasteiger partial charge is 0.325 e. The molecule has 1 saturated heterocycles. The van der Waals surface area contributed by atoms with E-state index in [9.17, 15) is 9.59 Å². The lowest BCUT2D eigenvalue weighted by atomic mass is 10.1.